The van der Waals surface area contributed by atoms with Gasteiger partial charge < -0.3 is 5.32 Å². The van der Waals surface area contributed by atoms with Crippen molar-refractivity contribution in [1.29, 1.82) is 0 Å². The summed E-state index contributed by atoms with van der Waals surface area (Å²) in [6, 6.07) is 2.95. The number of rotatable bonds is 7. The SMILES string of the molecule is C=CCN(C)S(=O)(=O)c1cc(C)c(F)c(CNC(C)C)c1. The molecule has 0 heterocycles. The summed E-state index contributed by atoms with van der Waals surface area (Å²) in [5.74, 6) is -0.367. The smallest absolute Gasteiger partial charge is 0.243 e. The average Bonchev–Trinajstić information content (AvgIpc) is 2.40. The molecule has 0 unspecified atom stereocenters. The lowest BCUT2D eigenvalue weighted by Crippen LogP contribution is -2.28. The summed E-state index contributed by atoms with van der Waals surface area (Å²) >= 11 is 0. The number of hydrogen-bond acceptors (Lipinski definition) is 3. The van der Waals surface area contributed by atoms with E-state index in [1.165, 1.54) is 29.6 Å². The van der Waals surface area contributed by atoms with Crippen LogP contribution in [-0.2, 0) is 16.6 Å². The summed E-state index contributed by atoms with van der Waals surface area (Å²) in [5.41, 5.74) is 0.679. The first-order valence-electron chi connectivity index (χ1n) is 6.79. The Kier molecular flexibility index (Phi) is 6.07. The van der Waals surface area contributed by atoms with Crippen LogP contribution >= 0.6 is 0 Å². The van der Waals surface area contributed by atoms with Crippen molar-refractivity contribution in [3.05, 3.63) is 41.7 Å². The van der Waals surface area contributed by atoms with Gasteiger partial charge in [-0.25, -0.2) is 12.8 Å². The zero-order chi connectivity index (χ0) is 16.2. The molecule has 21 heavy (non-hydrogen) atoms. The molecule has 0 aliphatic rings. The molecule has 4 nitrogen and oxygen atoms in total. The first kappa shape index (κ1) is 17.8. The molecule has 0 aliphatic heterocycles. The molecule has 0 saturated heterocycles. The molecule has 0 bridgehead atoms. The van der Waals surface area contributed by atoms with Crippen molar-refractivity contribution in [3.8, 4) is 0 Å². The molecule has 0 spiro atoms. The lowest BCUT2D eigenvalue weighted by atomic mass is 10.1. The number of aryl methyl sites for hydroxylation is 1. The second kappa shape index (κ2) is 7.15. The Morgan fingerprint density at radius 2 is 2.05 bits per heavy atom. The first-order valence-corrected chi connectivity index (χ1v) is 8.23. The molecule has 0 aliphatic carbocycles. The van der Waals surface area contributed by atoms with Crippen LogP contribution in [-0.4, -0.2) is 32.4 Å². The molecule has 0 amide bonds. The van der Waals surface area contributed by atoms with Gasteiger partial charge in [-0.2, -0.15) is 4.31 Å². The van der Waals surface area contributed by atoms with E-state index in [1.54, 1.807) is 6.92 Å². The third-order valence-electron chi connectivity index (χ3n) is 3.10. The van der Waals surface area contributed by atoms with Crippen LogP contribution in [0.25, 0.3) is 0 Å². The third-order valence-corrected chi connectivity index (χ3v) is 4.90. The fourth-order valence-electron chi connectivity index (χ4n) is 1.86. The lowest BCUT2D eigenvalue weighted by molar-refractivity contribution is 0.498. The molecular formula is C15H23FN2O2S. The second-order valence-electron chi connectivity index (χ2n) is 5.32. The Hall–Kier alpha value is -1.24. The highest BCUT2D eigenvalue weighted by Crippen LogP contribution is 2.21. The van der Waals surface area contributed by atoms with Crippen molar-refractivity contribution < 1.29 is 12.8 Å². The maximum absolute atomic E-state index is 14.1. The van der Waals surface area contributed by atoms with E-state index in [0.29, 0.717) is 17.7 Å². The monoisotopic (exact) mass is 314 g/mol. The molecular weight excluding hydrogens is 291 g/mol. The van der Waals surface area contributed by atoms with Gasteiger partial charge in [0.1, 0.15) is 5.82 Å². The number of nitrogens with zero attached hydrogens (tertiary/aromatic N) is 1. The third kappa shape index (κ3) is 4.36. The van der Waals surface area contributed by atoms with Crippen molar-refractivity contribution in [1.82, 2.24) is 9.62 Å². The quantitative estimate of drug-likeness (QED) is 0.787. The van der Waals surface area contributed by atoms with E-state index in [4.69, 9.17) is 0 Å². The van der Waals surface area contributed by atoms with Crippen LogP contribution in [0.2, 0.25) is 0 Å². The number of benzene rings is 1. The first-order chi connectivity index (χ1) is 9.70. The minimum Gasteiger partial charge on any atom is -0.310 e. The highest BCUT2D eigenvalue weighted by Gasteiger charge is 2.22. The van der Waals surface area contributed by atoms with Gasteiger partial charge in [0.15, 0.2) is 0 Å². The zero-order valence-corrected chi connectivity index (χ0v) is 13.8. The largest absolute Gasteiger partial charge is 0.310 e. The highest BCUT2D eigenvalue weighted by molar-refractivity contribution is 7.89. The fourth-order valence-corrected chi connectivity index (χ4v) is 3.14. The van der Waals surface area contributed by atoms with Crippen LogP contribution in [0, 0.1) is 12.7 Å². The van der Waals surface area contributed by atoms with E-state index < -0.39 is 10.0 Å². The second-order valence-corrected chi connectivity index (χ2v) is 7.37. The van der Waals surface area contributed by atoms with Crippen LogP contribution < -0.4 is 5.32 Å². The molecule has 118 valence electrons. The van der Waals surface area contributed by atoms with Crippen LogP contribution in [0.1, 0.15) is 25.0 Å². The number of likely N-dealkylation sites (N-methyl/N-ethyl adjacent to an activating group) is 1. The van der Waals surface area contributed by atoms with Gasteiger partial charge >= 0.3 is 0 Å². The molecule has 6 heteroatoms. The van der Waals surface area contributed by atoms with E-state index in [1.807, 2.05) is 13.8 Å². The van der Waals surface area contributed by atoms with E-state index in [0.717, 1.165) is 0 Å². The molecule has 0 atom stereocenters. The van der Waals surface area contributed by atoms with Crippen LogP contribution in [0.3, 0.4) is 0 Å². The molecule has 0 saturated carbocycles. The van der Waals surface area contributed by atoms with Gasteiger partial charge in [-0.1, -0.05) is 19.9 Å². The molecule has 1 N–H and O–H groups in total. The van der Waals surface area contributed by atoms with E-state index in [-0.39, 0.29) is 23.3 Å². The topological polar surface area (TPSA) is 49.4 Å². The Bertz CT molecular complexity index is 612. The van der Waals surface area contributed by atoms with Gasteiger partial charge in [0, 0.05) is 31.7 Å². The standard InChI is InChI=1S/C15H23FN2O2S/c1-6-7-18(5)21(19,20)14-8-12(4)15(16)13(9-14)10-17-11(2)3/h6,8-9,11,17H,1,7,10H2,2-5H3. The average molecular weight is 314 g/mol. The summed E-state index contributed by atoms with van der Waals surface area (Å²) < 4.78 is 40.1. The molecule has 0 fully saturated rings. The highest BCUT2D eigenvalue weighted by atomic mass is 32.2. The number of sulfonamides is 1. The Morgan fingerprint density at radius 3 is 2.57 bits per heavy atom. The molecule has 0 aromatic heterocycles. The van der Waals surface area contributed by atoms with Gasteiger partial charge in [0.25, 0.3) is 0 Å². The van der Waals surface area contributed by atoms with Gasteiger partial charge in [0.05, 0.1) is 4.90 Å². The number of hydrogen-bond donors (Lipinski definition) is 1. The number of nitrogens with one attached hydrogen (secondary N) is 1. The van der Waals surface area contributed by atoms with Crippen LogP contribution in [0.15, 0.2) is 29.7 Å². The van der Waals surface area contributed by atoms with E-state index in [9.17, 15) is 12.8 Å². The van der Waals surface area contributed by atoms with Gasteiger partial charge in [-0.05, 0) is 24.6 Å². The Balaban J connectivity index is 3.23. The minimum absolute atomic E-state index is 0.103. The van der Waals surface area contributed by atoms with Crippen LogP contribution in [0.5, 0.6) is 0 Å². The van der Waals surface area contributed by atoms with Crippen molar-refractivity contribution in [2.24, 2.45) is 0 Å². The predicted octanol–water partition coefficient (Wildman–Crippen LogP) is 2.44. The summed E-state index contributed by atoms with van der Waals surface area (Å²) in [7, 11) is -2.16. The van der Waals surface area contributed by atoms with E-state index in [2.05, 4.69) is 11.9 Å². The fraction of sp³-hybridized carbons (Fsp3) is 0.467. The Labute approximate surface area is 126 Å². The minimum atomic E-state index is -3.63. The van der Waals surface area contributed by atoms with Crippen molar-refractivity contribution in [2.45, 2.75) is 38.3 Å². The van der Waals surface area contributed by atoms with Crippen LogP contribution in [0.4, 0.5) is 4.39 Å². The predicted molar refractivity (Wildman–Crippen MR) is 83.1 cm³/mol. The maximum Gasteiger partial charge on any atom is 0.243 e. The van der Waals surface area contributed by atoms with Crippen molar-refractivity contribution in [2.75, 3.05) is 13.6 Å². The lowest BCUT2D eigenvalue weighted by Gasteiger charge is -2.17. The maximum atomic E-state index is 14.1. The summed E-state index contributed by atoms with van der Waals surface area (Å²) in [6.45, 7) is 9.49. The molecule has 0 radical (unpaired) electrons. The normalized spacial score (nSPS) is 12.1. The van der Waals surface area contributed by atoms with Crippen molar-refractivity contribution in [3.63, 3.8) is 0 Å². The summed E-state index contributed by atoms with van der Waals surface area (Å²) in [4.78, 5) is 0.103. The van der Waals surface area contributed by atoms with Gasteiger partial charge in [-0.3, -0.25) is 0 Å². The summed E-state index contributed by atoms with van der Waals surface area (Å²) in [6.07, 6.45) is 1.51. The zero-order valence-electron chi connectivity index (χ0n) is 13.0. The van der Waals surface area contributed by atoms with E-state index >= 15 is 0 Å². The van der Waals surface area contributed by atoms with Gasteiger partial charge in [-0.15, -0.1) is 6.58 Å². The van der Waals surface area contributed by atoms with Crippen molar-refractivity contribution >= 4 is 10.0 Å². The summed E-state index contributed by atoms with van der Waals surface area (Å²) in [5, 5.41) is 3.10. The molecule has 1 aromatic rings. The molecule has 1 rings (SSSR count). The Morgan fingerprint density at radius 1 is 1.43 bits per heavy atom. The van der Waals surface area contributed by atoms with Gasteiger partial charge in [0.2, 0.25) is 10.0 Å². The number of halogens is 1. The molecule has 1 aromatic carbocycles.